The number of allylic oxidation sites excluding steroid dienone is 1. The fourth-order valence-corrected chi connectivity index (χ4v) is 4.78. The summed E-state index contributed by atoms with van der Waals surface area (Å²) in [6.45, 7) is 3.48. The summed E-state index contributed by atoms with van der Waals surface area (Å²) in [5.74, 6) is 0.114. The Balaban J connectivity index is 1.30. The molecule has 1 unspecified atom stereocenters. The normalized spacial score (nSPS) is 13.9. The lowest BCUT2D eigenvalue weighted by Gasteiger charge is -2.26. The van der Waals surface area contributed by atoms with Gasteiger partial charge in [-0.2, -0.15) is 5.26 Å². The van der Waals surface area contributed by atoms with Crippen LogP contribution in [0.5, 0.6) is 23.0 Å². The molecule has 0 amide bonds. The standard InChI is InChI=1S/C33H26ClFN2O5/c1-19-13-25(14-20(2)32(19)34)40-18-30(38)41-24-11-12-26-29(15-24)42-33(37)27(16-36)31(26)21-7-9-23(10-8-21)39-17-22-5-3-4-6-28(22)35/h3-15,31H,17-18,37H2,1-2H3. The van der Waals surface area contributed by atoms with Crippen molar-refractivity contribution in [1.82, 2.24) is 0 Å². The van der Waals surface area contributed by atoms with Gasteiger partial charge in [0.1, 0.15) is 47.1 Å². The highest BCUT2D eigenvalue weighted by Crippen LogP contribution is 2.43. The molecule has 5 rings (SSSR count). The van der Waals surface area contributed by atoms with E-state index >= 15 is 0 Å². The van der Waals surface area contributed by atoms with E-state index < -0.39 is 11.9 Å². The second kappa shape index (κ2) is 12.2. The lowest BCUT2D eigenvalue weighted by molar-refractivity contribution is -0.136. The van der Waals surface area contributed by atoms with E-state index in [1.54, 1.807) is 60.7 Å². The van der Waals surface area contributed by atoms with Gasteiger partial charge in [-0.05, 0) is 66.9 Å². The predicted molar refractivity (Wildman–Crippen MR) is 155 cm³/mol. The third-order valence-corrected chi connectivity index (χ3v) is 7.35. The quantitative estimate of drug-likeness (QED) is 0.178. The Morgan fingerprint density at radius 1 is 0.976 bits per heavy atom. The van der Waals surface area contributed by atoms with Crippen LogP contribution >= 0.6 is 11.6 Å². The van der Waals surface area contributed by atoms with Crippen molar-refractivity contribution in [1.29, 1.82) is 5.26 Å². The molecule has 1 aliphatic heterocycles. The highest BCUT2D eigenvalue weighted by molar-refractivity contribution is 6.32. The summed E-state index contributed by atoms with van der Waals surface area (Å²) in [5.41, 5.74) is 9.93. The average molecular weight is 585 g/mol. The first-order valence-corrected chi connectivity index (χ1v) is 13.4. The fourth-order valence-electron chi connectivity index (χ4n) is 4.67. The van der Waals surface area contributed by atoms with Crippen LogP contribution < -0.4 is 24.7 Å². The molecule has 1 atom stereocenters. The van der Waals surface area contributed by atoms with Gasteiger partial charge in [0.15, 0.2) is 6.61 Å². The molecule has 1 aliphatic rings. The van der Waals surface area contributed by atoms with Crippen LogP contribution in [0, 0.1) is 31.0 Å². The Morgan fingerprint density at radius 2 is 1.67 bits per heavy atom. The van der Waals surface area contributed by atoms with Gasteiger partial charge in [0.05, 0.1) is 5.92 Å². The molecule has 2 N–H and O–H groups in total. The molecule has 0 bridgehead atoms. The third-order valence-electron chi connectivity index (χ3n) is 6.75. The van der Waals surface area contributed by atoms with Crippen LogP contribution in [0.25, 0.3) is 0 Å². The number of esters is 1. The first-order valence-electron chi connectivity index (χ1n) is 13.0. The number of carbonyl (C=O) groups is 1. The van der Waals surface area contributed by atoms with Crippen molar-refractivity contribution in [2.75, 3.05) is 6.61 Å². The number of hydrogen-bond acceptors (Lipinski definition) is 7. The number of nitriles is 1. The summed E-state index contributed by atoms with van der Waals surface area (Å²) in [6, 6.07) is 24.1. The van der Waals surface area contributed by atoms with Gasteiger partial charge in [0, 0.05) is 22.2 Å². The molecule has 0 saturated carbocycles. The molecule has 42 heavy (non-hydrogen) atoms. The molecule has 0 spiro atoms. The second-order valence-electron chi connectivity index (χ2n) is 9.71. The molecular formula is C33H26ClFN2O5. The molecule has 7 nitrogen and oxygen atoms in total. The zero-order valence-corrected chi connectivity index (χ0v) is 23.6. The maximum Gasteiger partial charge on any atom is 0.349 e. The number of hydrogen-bond donors (Lipinski definition) is 1. The zero-order chi connectivity index (χ0) is 29.8. The van der Waals surface area contributed by atoms with Crippen molar-refractivity contribution in [2.24, 2.45) is 5.73 Å². The molecule has 4 aromatic carbocycles. The van der Waals surface area contributed by atoms with Gasteiger partial charge in [-0.1, -0.05) is 48.0 Å². The van der Waals surface area contributed by atoms with Crippen LogP contribution in [-0.4, -0.2) is 12.6 Å². The Hall–Kier alpha value is -5.00. The molecule has 4 aromatic rings. The van der Waals surface area contributed by atoms with E-state index in [1.165, 1.54) is 6.07 Å². The van der Waals surface area contributed by atoms with Crippen molar-refractivity contribution in [3.05, 3.63) is 129 Å². The largest absolute Gasteiger partial charge is 0.489 e. The highest BCUT2D eigenvalue weighted by atomic mass is 35.5. The van der Waals surface area contributed by atoms with Crippen LogP contribution in [0.4, 0.5) is 4.39 Å². The van der Waals surface area contributed by atoms with E-state index in [1.807, 2.05) is 26.0 Å². The summed E-state index contributed by atoms with van der Waals surface area (Å²) in [7, 11) is 0. The third kappa shape index (κ3) is 6.17. The van der Waals surface area contributed by atoms with E-state index in [9.17, 15) is 14.4 Å². The van der Waals surface area contributed by atoms with Crippen molar-refractivity contribution in [3.8, 4) is 29.1 Å². The summed E-state index contributed by atoms with van der Waals surface area (Å²) >= 11 is 6.20. The SMILES string of the molecule is Cc1cc(OCC(=O)Oc2ccc3c(c2)OC(N)=C(C#N)C3c2ccc(OCc3ccccc3F)cc2)cc(C)c1Cl. The number of carbonyl (C=O) groups excluding carboxylic acids is 1. The van der Waals surface area contributed by atoms with E-state index in [4.69, 9.17) is 36.3 Å². The monoisotopic (exact) mass is 584 g/mol. The van der Waals surface area contributed by atoms with Crippen LogP contribution in [-0.2, 0) is 11.4 Å². The molecule has 1 heterocycles. The number of halogens is 2. The molecule has 0 aromatic heterocycles. The minimum atomic E-state index is -0.611. The van der Waals surface area contributed by atoms with E-state index in [2.05, 4.69) is 6.07 Å². The maximum absolute atomic E-state index is 13.9. The van der Waals surface area contributed by atoms with Crippen molar-refractivity contribution >= 4 is 17.6 Å². The van der Waals surface area contributed by atoms with Gasteiger partial charge in [0.2, 0.25) is 5.88 Å². The maximum atomic E-state index is 13.9. The Bertz CT molecular complexity index is 1710. The number of benzene rings is 4. The average Bonchev–Trinajstić information content (AvgIpc) is 2.98. The van der Waals surface area contributed by atoms with Gasteiger partial charge in [-0.15, -0.1) is 0 Å². The van der Waals surface area contributed by atoms with Crippen LogP contribution in [0.3, 0.4) is 0 Å². The molecular weight excluding hydrogens is 559 g/mol. The second-order valence-corrected chi connectivity index (χ2v) is 10.1. The molecule has 0 saturated heterocycles. The Kier molecular flexibility index (Phi) is 8.32. The molecule has 9 heteroatoms. The number of rotatable bonds is 8. The van der Waals surface area contributed by atoms with E-state index in [0.29, 0.717) is 33.4 Å². The van der Waals surface area contributed by atoms with Gasteiger partial charge in [-0.3, -0.25) is 0 Å². The summed E-state index contributed by atoms with van der Waals surface area (Å²) in [4.78, 5) is 12.5. The predicted octanol–water partition coefficient (Wildman–Crippen LogP) is 6.88. The van der Waals surface area contributed by atoms with Gasteiger partial charge in [-0.25, -0.2) is 9.18 Å². The van der Waals surface area contributed by atoms with Gasteiger partial charge < -0.3 is 24.7 Å². The van der Waals surface area contributed by atoms with Crippen molar-refractivity contribution in [3.63, 3.8) is 0 Å². The topological polar surface area (TPSA) is 104 Å². The number of nitrogens with two attached hydrogens (primary N) is 1. The minimum absolute atomic E-state index is 0.0461. The smallest absolute Gasteiger partial charge is 0.349 e. The number of ether oxygens (including phenoxy) is 4. The van der Waals surface area contributed by atoms with E-state index in [-0.39, 0.29) is 36.2 Å². The number of fused-ring (bicyclic) bond motifs is 1. The van der Waals surface area contributed by atoms with E-state index in [0.717, 1.165) is 16.7 Å². The highest BCUT2D eigenvalue weighted by Gasteiger charge is 2.31. The van der Waals surface area contributed by atoms with Crippen LogP contribution in [0.2, 0.25) is 5.02 Å². The minimum Gasteiger partial charge on any atom is -0.489 e. The first kappa shape index (κ1) is 28.5. The van der Waals surface area contributed by atoms with Gasteiger partial charge in [0.25, 0.3) is 0 Å². The fraction of sp³-hybridized carbons (Fsp3) is 0.152. The first-order chi connectivity index (χ1) is 20.2. The molecule has 212 valence electrons. The molecule has 0 radical (unpaired) electrons. The Morgan fingerprint density at radius 3 is 2.36 bits per heavy atom. The van der Waals surface area contributed by atoms with Crippen LogP contribution in [0.1, 0.15) is 33.7 Å². The summed E-state index contributed by atoms with van der Waals surface area (Å²) in [6.07, 6.45) is 0. The lowest BCUT2D eigenvalue weighted by atomic mass is 9.83. The van der Waals surface area contributed by atoms with Crippen molar-refractivity contribution < 1.29 is 28.1 Å². The molecule has 0 fully saturated rings. The number of nitrogens with zero attached hydrogens (tertiary/aromatic N) is 1. The van der Waals surface area contributed by atoms with Crippen LogP contribution in [0.15, 0.2) is 90.3 Å². The zero-order valence-electron chi connectivity index (χ0n) is 22.8. The van der Waals surface area contributed by atoms with Crippen molar-refractivity contribution in [2.45, 2.75) is 26.4 Å². The lowest BCUT2D eigenvalue weighted by Crippen LogP contribution is -2.21. The molecule has 0 aliphatic carbocycles. The summed E-state index contributed by atoms with van der Waals surface area (Å²) in [5, 5.41) is 10.5. The summed E-state index contributed by atoms with van der Waals surface area (Å²) < 4.78 is 36.5. The van der Waals surface area contributed by atoms with Gasteiger partial charge >= 0.3 is 5.97 Å². The number of aryl methyl sites for hydroxylation is 2. The Labute approximate surface area is 247 Å².